The van der Waals surface area contributed by atoms with Crippen molar-refractivity contribution < 1.29 is 14.6 Å². The number of aliphatic hydroxyl groups excluding tert-OH is 1. The maximum absolute atomic E-state index is 11.5. The van der Waals surface area contributed by atoms with E-state index in [4.69, 9.17) is 4.74 Å². The van der Waals surface area contributed by atoms with Gasteiger partial charge in [0.1, 0.15) is 5.75 Å². The van der Waals surface area contributed by atoms with Gasteiger partial charge in [-0.15, -0.1) is 0 Å². The predicted molar refractivity (Wildman–Crippen MR) is 73.1 cm³/mol. The molecule has 2 N–H and O–H groups in total. The van der Waals surface area contributed by atoms with Gasteiger partial charge in [0.25, 0.3) is 5.91 Å². The van der Waals surface area contributed by atoms with E-state index in [0.717, 1.165) is 30.4 Å². The highest BCUT2D eigenvalue weighted by Crippen LogP contribution is 2.31. The Bertz CT molecular complexity index is 457. The molecule has 2 rings (SSSR count). The summed E-state index contributed by atoms with van der Waals surface area (Å²) in [5.41, 5.74) is 2.12. The maximum atomic E-state index is 11.5. The van der Waals surface area contributed by atoms with Crippen LogP contribution in [0.2, 0.25) is 0 Å². The zero-order chi connectivity index (χ0) is 13.8. The van der Waals surface area contributed by atoms with Crippen molar-refractivity contribution in [3.8, 4) is 5.75 Å². The number of aryl methyl sites for hydroxylation is 1. The second kappa shape index (κ2) is 6.06. The number of nitrogens with one attached hydrogen (secondary N) is 1. The number of rotatable bonds is 4. The van der Waals surface area contributed by atoms with E-state index in [1.54, 1.807) is 0 Å². The molecule has 0 saturated heterocycles. The first kappa shape index (κ1) is 13.9. The average molecular weight is 263 g/mol. The molecule has 0 spiro atoms. The lowest BCUT2D eigenvalue weighted by molar-refractivity contribution is -0.123. The van der Waals surface area contributed by atoms with Gasteiger partial charge in [-0.05, 0) is 56.4 Å². The molecule has 1 aromatic carbocycles. The van der Waals surface area contributed by atoms with Crippen LogP contribution >= 0.6 is 0 Å². The summed E-state index contributed by atoms with van der Waals surface area (Å²) in [6.07, 6.45) is 2.42. The van der Waals surface area contributed by atoms with Gasteiger partial charge in [-0.1, -0.05) is 6.07 Å². The van der Waals surface area contributed by atoms with Crippen molar-refractivity contribution in [1.82, 2.24) is 5.32 Å². The second-order valence-electron chi connectivity index (χ2n) is 5.28. The summed E-state index contributed by atoms with van der Waals surface area (Å²) in [5, 5.41) is 12.6. The monoisotopic (exact) mass is 263 g/mol. The zero-order valence-corrected chi connectivity index (χ0v) is 11.5. The number of fused-ring (bicyclic) bond motifs is 1. The molecule has 4 nitrogen and oxygen atoms in total. The third-order valence-corrected chi connectivity index (χ3v) is 3.22. The quantitative estimate of drug-likeness (QED) is 0.873. The molecule has 0 saturated carbocycles. The Morgan fingerprint density at radius 1 is 1.53 bits per heavy atom. The lowest BCUT2D eigenvalue weighted by atomic mass is 9.89. The first-order chi connectivity index (χ1) is 9.06. The summed E-state index contributed by atoms with van der Waals surface area (Å²) in [6, 6.07) is 5.76. The average Bonchev–Trinajstić information content (AvgIpc) is 2.36. The van der Waals surface area contributed by atoms with Crippen LogP contribution in [0, 0.1) is 0 Å². The normalized spacial score (nSPS) is 18.0. The van der Waals surface area contributed by atoms with Crippen LogP contribution in [0.15, 0.2) is 18.2 Å². The molecule has 1 amide bonds. The Morgan fingerprint density at radius 3 is 3.05 bits per heavy atom. The number of hydrogen-bond donors (Lipinski definition) is 2. The number of aliphatic hydroxyl groups is 1. The molecular formula is C15H21NO3. The number of ether oxygens (including phenoxy) is 1. The van der Waals surface area contributed by atoms with Crippen molar-refractivity contribution >= 4 is 5.91 Å². The Labute approximate surface area is 113 Å². The highest BCUT2D eigenvalue weighted by molar-refractivity contribution is 5.77. The molecule has 104 valence electrons. The van der Waals surface area contributed by atoms with Gasteiger partial charge in [0.05, 0.1) is 6.10 Å². The second-order valence-corrected chi connectivity index (χ2v) is 5.28. The number of benzene rings is 1. The number of carbonyl (C=O) groups is 1. The van der Waals surface area contributed by atoms with Gasteiger partial charge in [-0.2, -0.15) is 0 Å². The van der Waals surface area contributed by atoms with Crippen molar-refractivity contribution in [1.29, 1.82) is 0 Å². The van der Waals surface area contributed by atoms with Gasteiger partial charge < -0.3 is 15.2 Å². The highest BCUT2D eigenvalue weighted by atomic mass is 16.5. The van der Waals surface area contributed by atoms with Crippen LogP contribution in [0.5, 0.6) is 5.75 Å². The SMILES string of the molecule is CC(C)NC(=O)COc1ccc2c(c1)CCCC2O. The largest absolute Gasteiger partial charge is 0.484 e. The van der Waals surface area contributed by atoms with E-state index in [-0.39, 0.29) is 24.7 Å². The van der Waals surface area contributed by atoms with Gasteiger partial charge in [-0.25, -0.2) is 0 Å². The number of amides is 1. The molecule has 0 aromatic heterocycles. The molecule has 1 aromatic rings. The van der Waals surface area contributed by atoms with E-state index in [1.807, 2.05) is 32.0 Å². The van der Waals surface area contributed by atoms with E-state index >= 15 is 0 Å². The molecule has 0 heterocycles. The minimum atomic E-state index is -0.359. The van der Waals surface area contributed by atoms with Gasteiger partial charge in [0, 0.05) is 6.04 Å². The van der Waals surface area contributed by atoms with Crippen LogP contribution in [-0.4, -0.2) is 23.7 Å². The van der Waals surface area contributed by atoms with Crippen LogP contribution in [-0.2, 0) is 11.2 Å². The fourth-order valence-corrected chi connectivity index (χ4v) is 2.37. The minimum Gasteiger partial charge on any atom is -0.484 e. The predicted octanol–water partition coefficient (Wildman–Crippen LogP) is 1.96. The fourth-order valence-electron chi connectivity index (χ4n) is 2.37. The lowest BCUT2D eigenvalue weighted by Gasteiger charge is -2.21. The Morgan fingerprint density at radius 2 is 2.32 bits per heavy atom. The fraction of sp³-hybridized carbons (Fsp3) is 0.533. The molecule has 0 bridgehead atoms. The molecule has 0 aliphatic heterocycles. The van der Waals surface area contributed by atoms with Crippen molar-refractivity contribution in [3.05, 3.63) is 29.3 Å². The molecular weight excluding hydrogens is 242 g/mol. The van der Waals surface area contributed by atoms with E-state index in [2.05, 4.69) is 5.32 Å². The molecule has 1 atom stereocenters. The van der Waals surface area contributed by atoms with Crippen molar-refractivity contribution in [2.45, 2.75) is 45.3 Å². The van der Waals surface area contributed by atoms with Crippen LogP contribution in [0.3, 0.4) is 0 Å². The summed E-state index contributed by atoms with van der Waals surface area (Å²) in [5.74, 6) is 0.569. The van der Waals surface area contributed by atoms with E-state index in [0.29, 0.717) is 5.75 Å². The molecule has 0 fully saturated rings. The summed E-state index contributed by atoms with van der Waals surface area (Å²) < 4.78 is 5.48. The minimum absolute atomic E-state index is 0.0273. The Balaban J connectivity index is 1.97. The molecule has 1 aliphatic rings. The standard InChI is InChI=1S/C15H21NO3/c1-10(2)16-15(18)9-19-12-6-7-13-11(8-12)4-3-5-14(13)17/h6-8,10,14,17H,3-5,9H2,1-2H3,(H,16,18). The number of carbonyl (C=O) groups excluding carboxylic acids is 1. The van der Waals surface area contributed by atoms with Gasteiger partial charge in [0.15, 0.2) is 6.61 Å². The summed E-state index contributed by atoms with van der Waals surface area (Å²) in [7, 11) is 0. The maximum Gasteiger partial charge on any atom is 0.258 e. The highest BCUT2D eigenvalue weighted by Gasteiger charge is 2.18. The van der Waals surface area contributed by atoms with Crippen LogP contribution in [0.1, 0.15) is 43.9 Å². The first-order valence-electron chi connectivity index (χ1n) is 6.79. The molecule has 1 unspecified atom stereocenters. The zero-order valence-electron chi connectivity index (χ0n) is 11.5. The van der Waals surface area contributed by atoms with Gasteiger partial charge >= 0.3 is 0 Å². The van der Waals surface area contributed by atoms with Crippen molar-refractivity contribution in [2.24, 2.45) is 0 Å². The van der Waals surface area contributed by atoms with E-state index in [1.165, 1.54) is 0 Å². The summed E-state index contributed by atoms with van der Waals surface area (Å²) in [6.45, 7) is 3.86. The van der Waals surface area contributed by atoms with Crippen LogP contribution < -0.4 is 10.1 Å². The third-order valence-electron chi connectivity index (χ3n) is 3.22. The smallest absolute Gasteiger partial charge is 0.258 e. The van der Waals surface area contributed by atoms with Gasteiger partial charge in [0.2, 0.25) is 0 Å². The van der Waals surface area contributed by atoms with E-state index in [9.17, 15) is 9.90 Å². The Kier molecular flexibility index (Phi) is 4.43. The summed E-state index contributed by atoms with van der Waals surface area (Å²) in [4.78, 5) is 11.5. The van der Waals surface area contributed by atoms with E-state index < -0.39 is 0 Å². The van der Waals surface area contributed by atoms with Crippen LogP contribution in [0.4, 0.5) is 0 Å². The number of hydrogen-bond acceptors (Lipinski definition) is 3. The molecule has 0 radical (unpaired) electrons. The molecule has 4 heteroatoms. The van der Waals surface area contributed by atoms with Crippen molar-refractivity contribution in [2.75, 3.05) is 6.61 Å². The summed E-state index contributed by atoms with van der Waals surface area (Å²) >= 11 is 0. The Hall–Kier alpha value is -1.55. The van der Waals surface area contributed by atoms with Crippen LogP contribution in [0.25, 0.3) is 0 Å². The van der Waals surface area contributed by atoms with Gasteiger partial charge in [-0.3, -0.25) is 4.79 Å². The topological polar surface area (TPSA) is 58.6 Å². The third kappa shape index (κ3) is 3.70. The van der Waals surface area contributed by atoms with Crippen molar-refractivity contribution in [3.63, 3.8) is 0 Å². The lowest BCUT2D eigenvalue weighted by Crippen LogP contribution is -2.34. The molecule has 1 aliphatic carbocycles. The molecule has 19 heavy (non-hydrogen) atoms. The first-order valence-corrected chi connectivity index (χ1v) is 6.79.